The fraction of sp³-hybridized carbons (Fsp3) is 0.800. The van der Waals surface area contributed by atoms with Crippen molar-refractivity contribution in [3.8, 4) is 0 Å². The van der Waals surface area contributed by atoms with Crippen LogP contribution in [0.1, 0.15) is 206 Å². The van der Waals surface area contributed by atoms with E-state index >= 15 is 0 Å². The zero-order valence-corrected chi connectivity index (χ0v) is 40.3. The first-order valence-electron chi connectivity index (χ1n) is 24.4. The number of hydrogen-bond donors (Lipinski definition) is 1. The molecule has 350 valence electrons. The lowest BCUT2D eigenvalue weighted by Gasteiger charge is -2.24. The van der Waals surface area contributed by atoms with Crippen LogP contribution in [0.25, 0.3) is 0 Å². The van der Waals surface area contributed by atoms with Gasteiger partial charge in [-0.3, -0.25) is 18.6 Å². The molecular weight excluding hydrogens is 774 g/mol. The lowest BCUT2D eigenvalue weighted by atomic mass is 10.1. The Morgan fingerprint density at radius 3 is 1.38 bits per heavy atom. The van der Waals surface area contributed by atoms with Crippen LogP contribution in [0.15, 0.2) is 48.6 Å². The first-order chi connectivity index (χ1) is 29.0. The van der Waals surface area contributed by atoms with Crippen molar-refractivity contribution < 1.29 is 42.1 Å². The molecule has 0 aliphatic heterocycles. The number of esters is 2. The second-order valence-corrected chi connectivity index (χ2v) is 18.9. The summed E-state index contributed by atoms with van der Waals surface area (Å²) in [4.78, 5) is 35.5. The van der Waals surface area contributed by atoms with Gasteiger partial charge in [-0.05, 0) is 77.0 Å². The number of carbonyl (C=O) groups is 2. The Labute approximate surface area is 369 Å². The second-order valence-electron chi connectivity index (χ2n) is 17.5. The molecule has 1 unspecified atom stereocenters. The number of nitrogens with zero attached hydrogens (tertiary/aromatic N) is 1. The van der Waals surface area contributed by atoms with Gasteiger partial charge in [0.1, 0.15) is 19.8 Å². The molecule has 60 heavy (non-hydrogen) atoms. The molecule has 0 bridgehead atoms. The monoisotopic (exact) mass is 867 g/mol. The minimum atomic E-state index is -4.38. The summed E-state index contributed by atoms with van der Waals surface area (Å²) in [7, 11) is 1.46. The maximum absolute atomic E-state index is 12.7. The maximum Gasteiger partial charge on any atom is 0.472 e. The summed E-state index contributed by atoms with van der Waals surface area (Å²) in [6.45, 7) is 4.37. The van der Waals surface area contributed by atoms with Crippen molar-refractivity contribution in [2.24, 2.45) is 0 Å². The normalized spacial score (nSPS) is 13.9. The third-order valence-electron chi connectivity index (χ3n) is 10.3. The SMILES string of the molecule is CCCCC/C=C\C/C=C\C/C=C\CCCCCCC(=O)OC[C@H](COP(=O)(O)OCC[N+](C)(C)C)OC(=O)CCCCCCCCCCC/C=C\CCCCCCCC. The van der Waals surface area contributed by atoms with Gasteiger partial charge in [0.2, 0.25) is 0 Å². The molecule has 0 aliphatic rings. The maximum atomic E-state index is 12.7. The van der Waals surface area contributed by atoms with Crippen molar-refractivity contribution in [1.82, 2.24) is 0 Å². The van der Waals surface area contributed by atoms with Crippen molar-refractivity contribution in [2.75, 3.05) is 47.5 Å². The summed E-state index contributed by atoms with van der Waals surface area (Å²) in [6, 6.07) is 0. The topological polar surface area (TPSA) is 108 Å². The zero-order valence-electron chi connectivity index (χ0n) is 39.4. The van der Waals surface area contributed by atoms with Crippen LogP contribution in [-0.2, 0) is 32.7 Å². The van der Waals surface area contributed by atoms with Crippen LogP contribution in [0, 0.1) is 0 Å². The lowest BCUT2D eigenvalue weighted by molar-refractivity contribution is -0.870. The summed E-state index contributed by atoms with van der Waals surface area (Å²) >= 11 is 0. The fourth-order valence-corrected chi connectivity index (χ4v) is 7.23. The van der Waals surface area contributed by atoms with E-state index in [1.54, 1.807) is 0 Å². The van der Waals surface area contributed by atoms with Gasteiger partial charge in [0.05, 0.1) is 27.7 Å². The van der Waals surface area contributed by atoms with E-state index in [2.05, 4.69) is 62.5 Å². The highest BCUT2D eigenvalue weighted by Crippen LogP contribution is 2.43. The van der Waals surface area contributed by atoms with Crippen molar-refractivity contribution in [2.45, 2.75) is 213 Å². The fourth-order valence-electron chi connectivity index (χ4n) is 6.49. The van der Waals surface area contributed by atoms with Gasteiger partial charge in [-0.25, -0.2) is 4.57 Å². The predicted octanol–water partition coefficient (Wildman–Crippen LogP) is 14.2. The van der Waals surface area contributed by atoms with Crippen molar-refractivity contribution in [3.05, 3.63) is 48.6 Å². The molecule has 0 saturated carbocycles. The van der Waals surface area contributed by atoms with Gasteiger partial charge in [-0.2, -0.15) is 0 Å². The molecule has 0 heterocycles. The van der Waals surface area contributed by atoms with Gasteiger partial charge in [-0.1, -0.05) is 165 Å². The molecule has 10 heteroatoms. The smallest absolute Gasteiger partial charge is 0.462 e. The Morgan fingerprint density at radius 1 is 0.517 bits per heavy atom. The number of phosphoric acid groups is 1. The van der Waals surface area contributed by atoms with E-state index in [4.69, 9.17) is 18.5 Å². The van der Waals surface area contributed by atoms with Gasteiger partial charge >= 0.3 is 19.8 Å². The largest absolute Gasteiger partial charge is 0.472 e. The summed E-state index contributed by atoms with van der Waals surface area (Å²) in [5.74, 6) is -0.824. The van der Waals surface area contributed by atoms with E-state index in [1.807, 2.05) is 21.1 Å². The standard InChI is InChI=1S/C50H92NO8P/c1-6-8-10-12-14-16-18-20-22-24-25-27-29-31-33-35-37-39-41-43-50(53)59-48(47-58-60(54,55)57-45-44-51(3,4)5)46-56-49(52)42-40-38-36-34-32-30-28-26-23-21-19-17-15-13-11-9-7-2/h15,17,20-23,28,30,48H,6-14,16,18-19,24-27,29,31-47H2,1-5H3/p+1/b17-15-,22-20-,23-21-,30-28-/t48-/m1/s1. The minimum Gasteiger partial charge on any atom is -0.462 e. The summed E-state index contributed by atoms with van der Waals surface area (Å²) in [5, 5.41) is 0. The molecule has 0 saturated heterocycles. The Morgan fingerprint density at radius 2 is 0.900 bits per heavy atom. The molecule has 2 atom stereocenters. The molecule has 0 aromatic heterocycles. The van der Waals surface area contributed by atoms with E-state index < -0.39 is 26.5 Å². The highest BCUT2D eigenvalue weighted by molar-refractivity contribution is 7.47. The van der Waals surface area contributed by atoms with Crippen LogP contribution < -0.4 is 0 Å². The second kappa shape index (κ2) is 42.3. The van der Waals surface area contributed by atoms with E-state index in [1.165, 1.54) is 109 Å². The Kier molecular flexibility index (Phi) is 40.8. The van der Waals surface area contributed by atoms with Crippen LogP contribution in [0.4, 0.5) is 0 Å². The Hall–Kier alpha value is -2.03. The average Bonchev–Trinajstić information content (AvgIpc) is 3.20. The zero-order chi connectivity index (χ0) is 44.3. The van der Waals surface area contributed by atoms with Gasteiger partial charge < -0.3 is 18.9 Å². The molecule has 0 aliphatic carbocycles. The Balaban J connectivity index is 4.33. The number of hydrogen-bond acceptors (Lipinski definition) is 7. The van der Waals surface area contributed by atoms with Crippen LogP contribution in [-0.4, -0.2) is 74.9 Å². The molecule has 0 amide bonds. The molecule has 0 rings (SSSR count). The van der Waals surface area contributed by atoms with Gasteiger partial charge in [0, 0.05) is 12.8 Å². The highest BCUT2D eigenvalue weighted by atomic mass is 31.2. The number of carbonyl (C=O) groups excluding carboxylic acids is 2. The van der Waals surface area contributed by atoms with Crippen LogP contribution >= 0.6 is 7.82 Å². The average molecular weight is 867 g/mol. The number of quaternary nitrogens is 1. The number of rotatable bonds is 44. The quantitative estimate of drug-likeness (QED) is 0.0212. The summed E-state index contributed by atoms with van der Waals surface area (Å²) in [5.41, 5.74) is 0. The summed E-state index contributed by atoms with van der Waals surface area (Å²) < 4.78 is 34.4. The first-order valence-corrected chi connectivity index (χ1v) is 25.9. The number of allylic oxidation sites excluding steroid dienone is 8. The number of likely N-dealkylation sites (N-methyl/N-ethyl adjacent to an activating group) is 1. The molecule has 1 N–H and O–H groups in total. The van der Waals surface area contributed by atoms with E-state index in [0.717, 1.165) is 57.8 Å². The molecule has 0 fully saturated rings. The molecular formula is C50H93NO8P+. The van der Waals surface area contributed by atoms with E-state index in [9.17, 15) is 19.0 Å². The lowest BCUT2D eigenvalue weighted by Crippen LogP contribution is -2.37. The molecule has 9 nitrogen and oxygen atoms in total. The van der Waals surface area contributed by atoms with Crippen LogP contribution in [0.2, 0.25) is 0 Å². The van der Waals surface area contributed by atoms with Crippen molar-refractivity contribution in [3.63, 3.8) is 0 Å². The highest BCUT2D eigenvalue weighted by Gasteiger charge is 2.27. The third-order valence-corrected chi connectivity index (χ3v) is 11.3. The third kappa shape index (κ3) is 45.5. The molecule has 0 aromatic rings. The molecule has 0 spiro atoms. The van der Waals surface area contributed by atoms with Gasteiger partial charge in [-0.15, -0.1) is 0 Å². The van der Waals surface area contributed by atoms with Crippen molar-refractivity contribution in [1.29, 1.82) is 0 Å². The van der Waals surface area contributed by atoms with Gasteiger partial charge in [0.25, 0.3) is 0 Å². The Bertz CT molecular complexity index is 1160. The van der Waals surface area contributed by atoms with E-state index in [0.29, 0.717) is 23.9 Å². The predicted molar refractivity (Wildman–Crippen MR) is 252 cm³/mol. The van der Waals surface area contributed by atoms with Crippen molar-refractivity contribution >= 4 is 19.8 Å². The van der Waals surface area contributed by atoms with E-state index in [-0.39, 0.29) is 32.0 Å². The molecule has 0 radical (unpaired) electrons. The minimum absolute atomic E-state index is 0.0265. The molecule has 0 aromatic carbocycles. The van der Waals surface area contributed by atoms with Crippen LogP contribution in [0.5, 0.6) is 0 Å². The first kappa shape index (κ1) is 58.0. The van der Waals surface area contributed by atoms with Gasteiger partial charge in [0.15, 0.2) is 6.10 Å². The summed E-state index contributed by atoms with van der Waals surface area (Å²) in [6.07, 6.45) is 50.1. The number of unbranched alkanes of at least 4 members (excludes halogenated alkanes) is 22. The number of phosphoric ester groups is 1. The number of ether oxygens (including phenoxy) is 2. The van der Waals surface area contributed by atoms with Crippen LogP contribution in [0.3, 0.4) is 0 Å².